The van der Waals surface area contributed by atoms with E-state index >= 15 is 0 Å². The van der Waals surface area contributed by atoms with Crippen LogP contribution in [-0.4, -0.2) is 36.4 Å². The molecule has 6 heteroatoms. The summed E-state index contributed by atoms with van der Waals surface area (Å²) in [6.07, 6.45) is 0.874. The number of carboxylic acid groups (broad SMARTS) is 1. The SMILES string of the molecule is COCCCOc1nc2ccc(C(=O)O)cc2o1. The van der Waals surface area contributed by atoms with Crippen molar-refractivity contribution >= 4 is 17.1 Å². The fraction of sp³-hybridized carbons (Fsp3) is 0.333. The van der Waals surface area contributed by atoms with Crippen LogP contribution in [0.3, 0.4) is 0 Å². The Bertz CT molecular complexity index is 548. The number of benzene rings is 1. The number of fused-ring (bicyclic) bond motifs is 1. The standard InChI is InChI=1S/C12H13NO5/c1-16-5-2-6-17-12-13-9-4-3-8(11(14)15)7-10(9)18-12/h3-4,7H,2,5-6H2,1H3,(H,14,15). The molecule has 96 valence electrons. The molecule has 0 radical (unpaired) electrons. The zero-order valence-corrected chi connectivity index (χ0v) is 9.88. The highest BCUT2D eigenvalue weighted by Crippen LogP contribution is 2.21. The minimum Gasteiger partial charge on any atom is -0.478 e. The number of aromatic carboxylic acids is 1. The summed E-state index contributed by atoms with van der Waals surface area (Å²) in [5.74, 6) is -1.00. The summed E-state index contributed by atoms with van der Waals surface area (Å²) in [5.41, 5.74) is 1.13. The predicted molar refractivity (Wildman–Crippen MR) is 63.0 cm³/mol. The number of carbonyl (C=O) groups is 1. The third kappa shape index (κ3) is 2.78. The Kier molecular flexibility index (Phi) is 3.78. The maximum atomic E-state index is 10.8. The average molecular weight is 251 g/mol. The summed E-state index contributed by atoms with van der Waals surface area (Å²) in [6.45, 7) is 1.04. The second kappa shape index (κ2) is 5.50. The van der Waals surface area contributed by atoms with E-state index in [1.807, 2.05) is 0 Å². The molecule has 0 atom stereocenters. The first-order chi connectivity index (χ1) is 8.70. The number of nitrogens with zero attached hydrogens (tertiary/aromatic N) is 1. The van der Waals surface area contributed by atoms with Gasteiger partial charge in [-0.15, -0.1) is 0 Å². The lowest BCUT2D eigenvalue weighted by molar-refractivity contribution is 0.0697. The van der Waals surface area contributed by atoms with Crippen molar-refractivity contribution in [1.29, 1.82) is 0 Å². The van der Waals surface area contributed by atoms with Crippen LogP contribution in [0.5, 0.6) is 6.08 Å². The molecule has 0 saturated carbocycles. The molecule has 2 rings (SSSR count). The Balaban J connectivity index is 2.09. The first-order valence-electron chi connectivity index (χ1n) is 5.46. The zero-order chi connectivity index (χ0) is 13.0. The molecule has 0 unspecified atom stereocenters. The molecule has 1 aromatic heterocycles. The van der Waals surface area contributed by atoms with Crippen molar-refractivity contribution in [3.05, 3.63) is 23.8 Å². The maximum Gasteiger partial charge on any atom is 0.394 e. The van der Waals surface area contributed by atoms with Gasteiger partial charge in [0, 0.05) is 20.1 Å². The van der Waals surface area contributed by atoms with Gasteiger partial charge in [0.05, 0.1) is 12.2 Å². The number of rotatable bonds is 6. The third-order valence-corrected chi connectivity index (χ3v) is 2.33. The predicted octanol–water partition coefficient (Wildman–Crippen LogP) is 1.94. The number of aromatic nitrogens is 1. The lowest BCUT2D eigenvalue weighted by Crippen LogP contribution is -2.01. The number of methoxy groups -OCH3 is 1. The topological polar surface area (TPSA) is 81.8 Å². The van der Waals surface area contributed by atoms with Crippen LogP contribution in [-0.2, 0) is 4.74 Å². The Hall–Kier alpha value is -2.08. The molecule has 2 aromatic rings. The second-order valence-electron chi connectivity index (χ2n) is 3.66. The van der Waals surface area contributed by atoms with E-state index in [-0.39, 0.29) is 11.6 Å². The highest BCUT2D eigenvalue weighted by molar-refractivity contribution is 5.91. The fourth-order valence-electron chi connectivity index (χ4n) is 1.46. The van der Waals surface area contributed by atoms with Crippen LogP contribution in [0.2, 0.25) is 0 Å². The molecule has 0 aliphatic carbocycles. The smallest absolute Gasteiger partial charge is 0.394 e. The molecule has 0 fully saturated rings. The van der Waals surface area contributed by atoms with Gasteiger partial charge in [0.15, 0.2) is 5.58 Å². The van der Waals surface area contributed by atoms with Gasteiger partial charge in [-0.25, -0.2) is 4.79 Å². The van der Waals surface area contributed by atoms with Gasteiger partial charge < -0.3 is 19.0 Å². The molecule has 1 aromatic carbocycles. The first kappa shape index (κ1) is 12.4. The van der Waals surface area contributed by atoms with E-state index in [0.29, 0.717) is 24.3 Å². The number of hydrogen-bond acceptors (Lipinski definition) is 5. The molecule has 0 aliphatic rings. The molecular weight excluding hydrogens is 238 g/mol. The highest BCUT2D eigenvalue weighted by Gasteiger charge is 2.10. The monoisotopic (exact) mass is 251 g/mol. The van der Waals surface area contributed by atoms with E-state index in [2.05, 4.69) is 4.98 Å². The van der Waals surface area contributed by atoms with Gasteiger partial charge in [0.2, 0.25) is 0 Å². The Morgan fingerprint density at radius 3 is 3.00 bits per heavy atom. The van der Waals surface area contributed by atoms with Crippen molar-refractivity contribution in [3.8, 4) is 6.08 Å². The summed E-state index contributed by atoms with van der Waals surface area (Å²) in [4.78, 5) is 14.9. The Morgan fingerprint density at radius 1 is 1.44 bits per heavy atom. The minimum absolute atomic E-state index is 0.142. The number of hydrogen-bond donors (Lipinski definition) is 1. The molecular formula is C12H13NO5. The number of carboxylic acids is 1. The van der Waals surface area contributed by atoms with E-state index in [1.54, 1.807) is 13.2 Å². The van der Waals surface area contributed by atoms with Crippen LogP contribution >= 0.6 is 0 Å². The van der Waals surface area contributed by atoms with Crippen molar-refractivity contribution in [2.75, 3.05) is 20.3 Å². The van der Waals surface area contributed by atoms with Gasteiger partial charge in [0.25, 0.3) is 0 Å². The average Bonchev–Trinajstić information content (AvgIpc) is 2.76. The maximum absolute atomic E-state index is 10.8. The van der Waals surface area contributed by atoms with Gasteiger partial charge in [-0.05, 0) is 18.2 Å². The van der Waals surface area contributed by atoms with Gasteiger partial charge in [-0.2, -0.15) is 4.98 Å². The summed E-state index contributed by atoms with van der Waals surface area (Å²) in [7, 11) is 1.62. The molecule has 0 saturated heterocycles. The molecule has 0 bridgehead atoms. The van der Waals surface area contributed by atoms with E-state index in [1.165, 1.54) is 12.1 Å². The number of ether oxygens (including phenoxy) is 2. The van der Waals surface area contributed by atoms with Crippen molar-refractivity contribution in [1.82, 2.24) is 4.98 Å². The third-order valence-electron chi connectivity index (χ3n) is 2.33. The van der Waals surface area contributed by atoms with E-state index in [4.69, 9.17) is 19.0 Å². The lowest BCUT2D eigenvalue weighted by atomic mass is 10.2. The summed E-state index contributed by atoms with van der Waals surface area (Å²) < 4.78 is 15.5. The summed E-state index contributed by atoms with van der Waals surface area (Å²) >= 11 is 0. The molecule has 0 spiro atoms. The van der Waals surface area contributed by atoms with Gasteiger partial charge >= 0.3 is 12.0 Å². The molecule has 1 heterocycles. The highest BCUT2D eigenvalue weighted by atomic mass is 16.6. The van der Waals surface area contributed by atoms with Crippen LogP contribution in [0.15, 0.2) is 22.6 Å². The van der Waals surface area contributed by atoms with E-state index < -0.39 is 5.97 Å². The van der Waals surface area contributed by atoms with Crippen molar-refractivity contribution in [2.24, 2.45) is 0 Å². The van der Waals surface area contributed by atoms with Gasteiger partial charge in [-0.3, -0.25) is 0 Å². The van der Waals surface area contributed by atoms with Crippen LogP contribution in [0, 0.1) is 0 Å². The van der Waals surface area contributed by atoms with Crippen LogP contribution < -0.4 is 4.74 Å². The molecule has 18 heavy (non-hydrogen) atoms. The molecule has 6 nitrogen and oxygen atoms in total. The quantitative estimate of drug-likeness (QED) is 0.790. The Labute approximate surface area is 103 Å². The fourth-order valence-corrected chi connectivity index (χ4v) is 1.46. The Morgan fingerprint density at radius 2 is 2.28 bits per heavy atom. The minimum atomic E-state index is -1.00. The molecule has 0 aliphatic heterocycles. The number of oxazole rings is 1. The van der Waals surface area contributed by atoms with Crippen LogP contribution in [0.4, 0.5) is 0 Å². The van der Waals surface area contributed by atoms with Crippen LogP contribution in [0.1, 0.15) is 16.8 Å². The summed E-state index contributed by atoms with van der Waals surface area (Å²) in [5, 5.41) is 8.84. The largest absolute Gasteiger partial charge is 0.478 e. The van der Waals surface area contributed by atoms with E-state index in [0.717, 1.165) is 6.42 Å². The van der Waals surface area contributed by atoms with Crippen molar-refractivity contribution in [2.45, 2.75) is 6.42 Å². The van der Waals surface area contributed by atoms with Crippen molar-refractivity contribution < 1.29 is 23.8 Å². The molecule has 0 amide bonds. The first-order valence-corrected chi connectivity index (χ1v) is 5.46. The van der Waals surface area contributed by atoms with Crippen molar-refractivity contribution in [3.63, 3.8) is 0 Å². The van der Waals surface area contributed by atoms with Gasteiger partial charge in [-0.1, -0.05) is 0 Å². The zero-order valence-electron chi connectivity index (χ0n) is 9.88. The summed E-state index contributed by atoms with van der Waals surface area (Å²) in [6, 6.07) is 4.48. The molecule has 1 N–H and O–H groups in total. The second-order valence-corrected chi connectivity index (χ2v) is 3.66. The van der Waals surface area contributed by atoms with E-state index in [9.17, 15) is 4.79 Å². The van der Waals surface area contributed by atoms with Crippen LogP contribution in [0.25, 0.3) is 11.1 Å². The van der Waals surface area contributed by atoms with Gasteiger partial charge in [0.1, 0.15) is 5.52 Å². The normalized spacial score (nSPS) is 10.7. The lowest BCUT2D eigenvalue weighted by Gasteiger charge is -1.99.